The van der Waals surface area contributed by atoms with Gasteiger partial charge in [-0.3, -0.25) is 0 Å². The van der Waals surface area contributed by atoms with Gasteiger partial charge >= 0.3 is 41.8 Å². The summed E-state index contributed by atoms with van der Waals surface area (Å²) in [7, 11) is 0. The lowest BCUT2D eigenvalue weighted by atomic mass is 9.93. The Morgan fingerprint density at radius 1 is 0.492 bits per heavy atom. The molecule has 0 unspecified atom stereocenters. The molecule has 0 radical (unpaired) electrons. The highest BCUT2D eigenvalue weighted by Crippen LogP contribution is 2.60. The average Bonchev–Trinajstić information content (AvgIpc) is 3.17. The number of unbranched alkanes of at least 4 members (excludes halogenated alkanes) is 18. The number of ether oxygens (including phenoxy) is 2. The number of benzene rings is 2. The second-order valence-corrected chi connectivity index (χ2v) is 15.9. The van der Waals surface area contributed by atoms with Gasteiger partial charge in [-0.25, -0.2) is 4.79 Å². The third-order valence-electron chi connectivity index (χ3n) is 9.82. The van der Waals surface area contributed by atoms with Crippen LogP contribution in [0.5, 0.6) is 11.5 Å². The van der Waals surface area contributed by atoms with E-state index in [1.54, 1.807) is 12.1 Å². The van der Waals surface area contributed by atoms with Crippen molar-refractivity contribution in [2.75, 3.05) is 12.4 Å². The summed E-state index contributed by atoms with van der Waals surface area (Å²) in [6, 6.07) is 10.7. The van der Waals surface area contributed by atoms with Gasteiger partial charge < -0.3 is 9.47 Å². The molecule has 0 bridgehead atoms. The number of rotatable bonds is 31. The topological polar surface area (TPSA) is 35.5 Å². The maximum Gasteiger partial charge on any atom is 0.460 e. The van der Waals surface area contributed by atoms with Crippen molar-refractivity contribution >= 4 is 17.7 Å². The monoisotopic (exact) mass is 886 g/mol. The summed E-state index contributed by atoms with van der Waals surface area (Å²) in [5.74, 6) is -38.3. The summed E-state index contributed by atoms with van der Waals surface area (Å²) < 4.78 is 184. The van der Waals surface area contributed by atoms with Crippen molar-refractivity contribution < 1.29 is 71.3 Å². The normalized spacial score (nSPS) is 13.2. The number of hydrogen-bond donors (Lipinski definition) is 0. The number of thioether (sulfide) groups is 1. The van der Waals surface area contributed by atoms with Crippen LogP contribution in [0.3, 0.4) is 0 Å². The van der Waals surface area contributed by atoms with Crippen LogP contribution in [0.1, 0.15) is 146 Å². The lowest BCUT2D eigenvalue weighted by Crippen LogP contribution is -2.70. The van der Waals surface area contributed by atoms with Crippen molar-refractivity contribution in [3.8, 4) is 11.5 Å². The van der Waals surface area contributed by atoms with Gasteiger partial charge in [-0.1, -0.05) is 122 Å². The lowest BCUT2D eigenvalue weighted by molar-refractivity contribution is -0.439. The van der Waals surface area contributed by atoms with E-state index in [0.29, 0.717) is 24.1 Å². The first kappa shape index (κ1) is 52.3. The van der Waals surface area contributed by atoms with E-state index < -0.39 is 53.9 Å². The second-order valence-electron chi connectivity index (χ2n) is 14.7. The van der Waals surface area contributed by atoms with Gasteiger partial charge in [-0.05, 0) is 55.0 Å². The van der Waals surface area contributed by atoms with Crippen molar-refractivity contribution in [3.63, 3.8) is 0 Å². The summed E-state index contributed by atoms with van der Waals surface area (Å²) in [6.45, 7) is 2.76. The van der Waals surface area contributed by atoms with Crippen LogP contribution in [-0.4, -0.2) is 54.1 Å². The Kier molecular flexibility index (Phi) is 21.8. The van der Waals surface area contributed by atoms with Crippen LogP contribution in [0.2, 0.25) is 0 Å². The molecule has 0 aliphatic heterocycles. The van der Waals surface area contributed by atoms with Crippen molar-refractivity contribution in [1.29, 1.82) is 0 Å². The van der Waals surface area contributed by atoms with E-state index in [0.717, 1.165) is 43.5 Å². The molecule has 2 rings (SSSR count). The minimum Gasteiger partial charge on any atom is -0.494 e. The average molecular weight is 887 g/mol. The van der Waals surface area contributed by atoms with Crippen LogP contribution < -0.4 is 9.47 Å². The Balaban J connectivity index is 1.63. The third kappa shape index (κ3) is 15.8. The molecule has 0 aliphatic rings. The fourth-order valence-corrected chi connectivity index (χ4v) is 7.01. The molecule has 17 heteroatoms. The molecule has 0 aliphatic carbocycles. The minimum absolute atomic E-state index is 0.00659. The van der Waals surface area contributed by atoms with Gasteiger partial charge in [0.05, 0.1) is 12.2 Å². The molecule has 0 spiro atoms. The minimum atomic E-state index is -7.93. The van der Waals surface area contributed by atoms with Crippen molar-refractivity contribution in [2.24, 2.45) is 0 Å². The zero-order valence-corrected chi connectivity index (χ0v) is 34.0. The van der Waals surface area contributed by atoms with Gasteiger partial charge in [0, 0.05) is 17.1 Å². The van der Waals surface area contributed by atoms with Crippen LogP contribution in [0, 0.1) is 0 Å². The quantitative estimate of drug-likeness (QED) is 0.0248. The van der Waals surface area contributed by atoms with E-state index in [1.807, 2.05) is 0 Å². The van der Waals surface area contributed by atoms with Crippen LogP contribution in [0.25, 0.3) is 0 Å². The number of hydrogen-bond acceptors (Lipinski definition) is 4. The van der Waals surface area contributed by atoms with E-state index in [9.17, 15) is 61.9 Å². The SMILES string of the molecule is CCCCCCCCCCCCCCCCCCCCCOc1ccc(OC(=O)c2ccc(SCCC(F)(F)C(F)(F)C(F)(F)C(F)(F)C(F)(F)C(F)(F)F)cc2)cc1. The molecule has 0 N–H and O–H groups in total. The highest BCUT2D eigenvalue weighted by atomic mass is 32.2. The predicted molar refractivity (Wildman–Crippen MR) is 203 cm³/mol. The molecule has 0 heterocycles. The van der Waals surface area contributed by atoms with Crippen LogP contribution in [0.15, 0.2) is 53.4 Å². The maximum atomic E-state index is 14.1. The molecule has 59 heavy (non-hydrogen) atoms. The zero-order chi connectivity index (χ0) is 44.2. The first-order valence-electron chi connectivity index (χ1n) is 20.3. The predicted octanol–water partition coefficient (Wildman–Crippen LogP) is 15.9. The fourth-order valence-electron chi connectivity index (χ4n) is 6.08. The van der Waals surface area contributed by atoms with Gasteiger partial charge in [0.1, 0.15) is 11.5 Å². The van der Waals surface area contributed by atoms with Crippen molar-refractivity contribution in [2.45, 2.75) is 176 Å². The van der Waals surface area contributed by atoms with Gasteiger partial charge in [0.25, 0.3) is 0 Å². The molecule has 2 aromatic rings. The molecular formula is C42H55F13O3S. The highest BCUT2D eigenvalue weighted by molar-refractivity contribution is 7.99. The Morgan fingerprint density at radius 3 is 1.31 bits per heavy atom. The number of esters is 1. The molecule has 0 saturated carbocycles. The lowest BCUT2D eigenvalue weighted by Gasteiger charge is -2.39. The Morgan fingerprint density at radius 2 is 0.881 bits per heavy atom. The largest absolute Gasteiger partial charge is 0.494 e. The summed E-state index contributed by atoms with van der Waals surface area (Å²) in [4.78, 5) is 12.5. The van der Waals surface area contributed by atoms with E-state index in [-0.39, 0.29) is 16.2 Å². The van der Waals surface area contributed by atoms with Crippen LogP contribution in [0.4, 0.5) is 57.1 Å². The number of carbonyl (C=O) groups excluding carboxylic acids is 1. The Hall–Kier alpha value is -2.85. The summed E-state index contributed by atoms with van der Waals surface area (Å²) in [6.07, 6.45) is 14.6. The van der Waals surface area contributed by atoms with Crippen molar-refractivity contribution in [1.82, 2.24) is 0 Å². The summed E-state index contributed by atoms with van der Waals surface area (Å²) >= 11 is 0.297. The Bertz CT molecular complexity index is 1470. The zero-order valence-electron chi connectivity index (χ0n) is 33.2. The highest BCUT2D eigenvalue weighted by Gasteiger charge is 2.90. The maximum absolute atomic E-state index is 14.1. The fraction of sp³-hybridized carbons (Fsp3) is 0.690. The number of halogens is 13. The van der Waals surface area contributed by atoms with E-state index in [2.05, 4.69) is 6.92 Å². The van der Waals surface area contributed by atoms with Gasteiger partial charge in [0.2, 0.25) is 0 Å². The Labute approximate surface area is 342 Å². The van der Waals surface area contributed by atoms with Gasteiger partial charge in [-0.2, -0.15) is 57.1 Å². The van der Waals surface area contributed by atoms with E-state index in [4.69, 9.17) is 9.47 Å². The first-order chi connectivity index (χ1) is 27.6. The number of carbonyl (C=O) groups is 1. The molecule has 0 amide bonds. The van der Waals surface area contributed by atoms with Crippen LogP contribution in [-0.2, 0) is 0 Å². The molecule has 0 saturated heterocycles. The summed E-state index contributed by atoms with van der Waals surface area (Å²) in [5.41, 5.74) is -0.0525. The summed E-state index contributed by atoms with van der Waals surface area (Å²) in [5, 5.41) is 0. The molecule has 0 fully saturated rings. The van der Waals surface area contributed by atoms with E-state index >= 15 is 0 Å². The molecule has 2 aromatic carbocycles. The standard InChI is InChI=1S/C42H55F13O3S/c1-2-3-4-5-6-7-8-9-10-11-12-13-14-15-16-17-18-19-20-30-57-33-23-25-34(26-24-33)58-36(56)32-21-27-35(28-22-32)59-31-29-37(43,44)38(45,46)39(47,48)40(49,50)41(51,52)42(53,54)55/h21-28H,2-20,29-31H2,1H3. The smallest absolute Gasteiger partial charge is 0.460 e. The van der Waals surface area contributed by atoms with E-state index in [1.165, 1.54) is 115 Å². The first-order valence-corrected chi connectivity index (χ1v) is 21.2. The third-order valence-corrected chi connectivity index (χ3v) is 10.8. The molecule has 3 nitrogen and oxygen atoms in total. The molecule has 338 valence electrons. The molecule has 0 atom stereocenters. The van der Waals surface area contributed by atoms with Gasteiger partial charge in [0.15, 0.2) is 0 Å². The van der Waals surface area contributed by atoms with Gasteiger partial charge in [-0.15, -0.1) is 11.8 Å². The van der Waals surface area contributed by atoms with Crippen molar-refractivity contribution in [3.05, 3.63) is 54.1 Å². The number of alkyl halides is 13. The second kappa shape index (κ2) is 24.6. The molecular weight excluding hydrogens is 832 g/mol. The van der Waals surface area contributed by atoms with Crippen LogP contribution >= 0.6 is 11.8 Å². The molecule has 0 aromatic heterocycles.